The van der Waals surface area contributed by atoms with Crippen LogP contribution in [0, 0.1) is 30.1 Å². The highest BCUT2D eigenvalue weighted by Gasteiger charge is 2.53. The Morgan fingerprint density at radius 2 is 1.79 bits per heavy atom. The molecule has 4 aliphatic carbocycles. The molecule has 0 heterocycles. The van der Waals surface area contributed by atoms with Crippen LogP contribution >= 0.6 is 0 Å². The Balaban J connectivity index is 1.34. The topological polar surface area (TPSA) is 41.1 Å². The van der Waals surface area contributed by atoms with Crippen molar-refractivity contribution in [3.8, 4) is 0 Å². The van der Waals surface area contributed by atoms with Crippen LogP contribution in [0.2, 0.25) is 0 Å². The third kappa shape index (κ3) is 3.05. The fourth-order valence-corrected chi connectivity index (χ4v) is 6.11. The van der Waals surface area contributed by atoms with Crippen LogP contribution in [0.5, 0.6) is 0 Å². The van der Waals surface area contributed by atoms with E-state index in [2.05, 4.69) is 42.7 Å². The van der Waals surface area contributed by atoms with Crippen LogP contribution in [0.1, 0.15) is 56.6 Å². The molecule has 4 fully saturated rings. The standard InChI is InChI=1S/C21H30N2O/c1-14-4-3-5-16(6-14)13-22-20(24)23-15(2)21-10-17-7-18(11-21)9-19(8-17)12-21/h3-6,15,17-19H,7-13H2,1-2H3,(H2,22,23,24). The molecule has 0 aliphatic heterocycles. The van der Waals surface area contributed by atoms with Crippen molar-refractivity contribution in [2.75, 3.05) is 0 Å². The number of amides is 2. The van der Waals surface area contributed by atoms with Gasteiger partial charge in [-0.25, -0.2) is 4.79 Å². The molecule has 1 atom stereocenters. The van der Waals surface area contributed by atoms with Gasteiger partial charge in [0.25, 0.3) is 0 Å². The van der Waals surface area contributed by atoms with Crippen molar-refractivity contribution < 1.29 is 4.79 Å². The molecule has 5 rings (SSSR count). The van der Waals surface area contributed by atoms with E-state index >= 15 is 0 Å². The first-order chi connectivity index (χ1) is 11.5. The van der Waals surface area contributed by atoms with Gasteiger partial charge < -0.3 is 10.6 Å². The quantitative estimate of drug-likeness (QED) is 0.846. The van der Waals surface area contributed by atoms with Gasteiger partial charge >= 0.3 is 6.03 Å². The van der Waals surface area contributed by atoms with Crippen LogP contribution in [-0.4, -0.2) is 12.1 Å². The number of benzene rings is 1. The summed E-state index contributed by atoms with van der Waals surface area (Å²) < 4.78 is 0. The van der Waals surface area contributed by atoms with Crippen LogP contribution in [-0.2, 0) is 6.54 Å². The van der Waals surface area contributed by atoms with Gasteiger partial charge in [-0.1, -0.05) is 29.8 Å². The summed E-state index contributed by atoms with van der Waals surface area (Å²) in [6.07, 6.45) is 8.34. The number of carbonyl (C=O) groups excluding carboxylic acids is 1. The van der Waals surface area contributed by atoms with E-state index in [1.165, 1.54) is 44.1 Å². The molecule has 130 valence electrons. The van der Waals surface area contributed by atoms with Crippen LogP contribution < -0.4 is 10.6 Å². The van der Waals surface area contributed by atoms with E-state index in [4.69, 9.17) is 0 Å². The predicted molar refractivity (Wildman–Crippen MR) is 96.6 cm³/mol. The number of aryl methyl sites for hydroxylation is 1. The zero-order chi connectivity index (χ0) is 16.7. The summed E-state index contributed by atoms with van der Waals surface area (Å²) in [5.41, 5.74) is 2.76. The molecular formula is C21H30N2O. The molecule has 2 N–H and O–H groups in total. The highest BCUT2D eigenvalue weighted by atomic mass is 16.2. The van der Waals surface area contributed by atoms with Gasteiger partial charge in [0.1, 0.15) is 0 Å². The summed E-state index contributed by atoms with van der Waals surface area (Å²) >= 11 is 0. The van der Waals surface area contributed by atoms with Gasteiger partial charge in [0, 0.05) is 12.6 Å². The fourth-order valence-electron chi connectivity index (χ4n) is 6.11. The zero-order valence-electron chi connectivity index (χ0n) is 15.0. The minimum atomic E-state index is -0.0141. The minimum absolute atomic E-state index is 0.0141. The van der Waals surface area contributed by atoms with Crippen molar-refractivity contribution in [2.24, 2.45) is 23.2 Å². The Bertz CT molecular complexity index is 589. The van der Waals surface area contributed by atoms with Crippen molar-refractivity contribution in [3.63, 3.8) is 0 Å². The Morgan fingerprint density at radius 3 is 2.38 bits per heavy atom. The second-order valence-electron chi connectivity index (χ2n) is 8.82. The van der Waals surface area contributed by atoms with Crippen molar-refractivity contribution in [1.82, 2.24) is 10.6 Å². The van der Waals surface area contributed by atoms with E-state index in [9.17, 15) is 4.79 Å². The monoisotopic (exact) mass is 326 g/mol. The Morgan fingerprint density at radius 1 is 1.17 bits per heavy atom. The predicted octanol–water partition coefficient (Wildman–Crippen LogP) is 4.40. The summed E-state index contributed by atoms with van der Waals surface area (Å²) in [6, 6.07) is 8.59. The van der Waals surface area contributed by atoms with Gasteiger partial charge in [-0.2, -0.15) is 0 Å². The summed E-state index contributed by atoms with van der Waals surface area (Å²) in [7, 11) is 0. The Kier molecular flexibility index (Phi) is 4.06. The Hall–Kier alpha value is -1.51. The maximum absolute atomic E-state index is 12.4. The molecule has 4 saturated carbocycles. The lowest BCUT2D eigenvalue weighted by Gasteiger charge is -2.59. The van der Waals surface area contributed by atoms with Crippen molar-refractivity contribution >= 4 is 6.03 Å². The lowest BCUT2D eigenvalue weighted by molar-refractivity contribution is -0.0682. The normalized spacial score (nSPS) is 34.8. The summed E-state index contributed by atoms with van der Waals surface area (Å²) in [6.45, 7) is 4.92. The van der Waals surface area contributed by atoms with Gasteiger partial charge in [0.05, 0.1) is 0 Å². The third-order valence-electron chi connectivity index (χ3n) is 6.89. The van der Waals surface area contributed by atoms with E-state index in [1.807, 2.05) is 6.07 Å². The molecule has 0 spiro atoms. The van der Waals surface area contributed by atoms with E-state index < -0.39 is 0 Å². The number of carbonyl (C=O) groups is 1. The van der Waals surface area contributed by atoms with Crippen LogP contribution in [0.25, 0.3) is 0 Å². The molecule has 3 heteroatoms. The average Bonchev–Trinajstić information content (AvgIpc) is 2.52. The van der Waals surface area contributed by atoms with E-state index in [1.54, 1.807) is 0 Å². The molecule has 2 amide bonds. The summed E-state index contributed by atoms with van der Waals surface area (Å²) in [5, 5.41) is 6.31. The number of nitrogens with one attached hydrogen (secondary N) is 2. The van der Waals surface area contributed by atoms with E-state index in [0.29, 0.717) is 12.0 Å². The second-order valence-corrected chi connectivity index (χ2v) is 8.82. The molecule has 4 aliphatic rings. The highest BCUT2D eigenvalue weighted by molar-refractivity contribution is 5.74. The van der Waals surface area contributed by atoms with Crippen LogP contribution in [0.3, 0.4) is 0 Å². The molecule has 3 nitrogen and oxygen atoms in total. The van der Waals surface area contributed by atoms with Crippen LogP contribution in [0.4, 0.5) is 4.79 Å². The lowest BCUT2D eigenvalue weighted by atomic mass is 9.48. The van der Waals surface area contributed by atoms with Gasteiger partial charge in [0.15, 0.2) is 0 Å². The van der Waals surface area contributed by atoms with Gasteiger partial charge in [-0.3, -0.25) is 0 Å². The van der Waals surface area contributed by atoms with E-state index in [-0.39, 0.29) is 12.1 Å². The summed E-state index contributed by atoms with van der Waals surface area (Å²) in [5.74, 6) is 2.78. The number of rotatable bonds is 4. The van der Waals surface area contributed by atoms with Gasteiger partial charge in [0.2, 0.25) is 0 Å². The largest absolute Gasteiger partial charge is 0.335 e. The number of urea groups is 1. The second kappa shape index (κ2) is 6.09. The minimum Gasteiger partial charge on any atom is -0.335 e. The summed E-state index contributed by atoms with van der Waals surface area (Å²) in [4.78, 5) is 12.4. The molecule has 0 radical (unpaired) electrons. The molecule has 4 bridgehead atoms. The molecule has 24 heavy (non-hydrogen) atoms. The van der Waals surface area contributed by atoms with Gasteiger partial charge in [-0.15, -0.1) is 0 Å². The molecule has 0 saturated heterocycles. The zero-order valence-corrected chi connectivity index (χ0v) is 15.0. The van der Waals surface area contributed by atoms with Crippen molar-refractivity contribution in [2.45, 2.75) is 65.0 Å². The molecule has 1 unspecified atom stereocenters. The van der Waals surface area contributed by atoms with Crippen LogP contribution in [0.15, 0.2) is 24.3 Å². The SMILES string of the molecule is Cc1cccc(CNC(=O)NC(C)C23CC4CC(CC(C4)C2)C3)c1. The van der Waals surface area contributed by atoms with E-state index in [0.717, 1.165) is 23.3 Å². The fraction of sp³-hybridized carbons (Fsp3) is 0.667. The average molecular weight is 326 g/mol. The van der Waals surface area contributed by atoms with Gasteiger partial charge in [-0.05, 0) is 81.1 Å². The maximum Gasteiger partial charge on any atom is 0.315 e. The first-order valence-corrected chi connectivity index (χ1v) is 9.62. The highest BCUT2D eigenvalue weighted by Crippen LogP contribution is 2.61. The number of hydrogen-bond donors (Lipinski definition) is 2. The molecular weight excluding hydrogens is 296 g/mol. The number of hydrogen-bond acceptors (Lipinski definition) is 1. The first-order valence-electron chi connectivity index (χ1n) is 9.62. The van der Waals surface area contributed by atoms with Crippen molar-refractivity contribution in [3.05, 3.63) is 35.4 Å². The first kappa shape index (κ1) is 16.0. The van der Waals surface area contributed by atoms with Crippen molar-refractivity contribution in [1.29, 1.82) is 0 Å². The lowest BCUT2D eigenvalue weighted by Crippen LogP contribution is -2.57. The molecule has 0 aromatic heterocycles. The Labute approximate surface area is 145 Å². The molecule has 1 aromatic carbocycles. The smallest absolute Gasteiger partial charge is 0.315 e. The molecule has 1 aromatic rings. The maximum atomic E-state index is 12.4. The third-order valence-corrected chi connectivity index (χ3v) is 6.89.